The van der Waals surface area contributed by atoms with E-state index in [1.165, 1.54) is 16.7 Å². The number of carbonyl (C=O) groups is 2. The Labute approximate surface area is 128 Å². The van der Waals surface area contributed by atoms with Gasteiger partial charge in [-0.1, -0.05) is 37.6 Å². The van der Waals surface area contributed by atoms with Crippen LogP contribution in [0.15, 0.2) is 29.2 Å². The van der Waals surface area contributed by atoms with Gasteiger partial charge in [-0.25, -0.2) is 0 Å². The fourth-order valence-electron chi connectivity index (χ4n) is 2.13. The topological polar surface area (TPSA) is 37.4 Å². The van der Waals surface area contributed by atoms with E-state index >= 15 is 0 Å². The maximum Gasteiger partial charge on any atom is 0.267 e. The first-order chi connectivity index (χ1) is 9.60. The molecule has 0 bridgehead atoms. The summed E-state index contributed by atoms with van der Waals surface area (Å²) in [5.41, 5.74) is 1.26. The average molecular weight is 310 g/mol. The molecule has 0 unspecified atom stereocenters. The van der Waals surface area contributed by atoms with E-state index in [9.17, 15) is 9.59 Å². The van der Waals surface area contributed by atoms with Gasteiger partial charge in [0.2, 0.25) is 0 Å². The Balaban J connectivity index is 2.46. The van der Waals surface area contributed by atoms with E-state index in [2.05, 4.69) is 0 Å². The van der Waals surface area contributed by atoms with Gasteiger partial charge in [0.25, 0.3) is 11.8 Å². The monoisotopic (exact) mass is 309 g/mol. The largest absolute Gasteiger partial charge is 0.274 e. The molecule has 1 aliphatic heterocycles. The van der Waals surface area contributed by atoms with E-state index in [0.29, 0.717) is 22.0 Å². The van der Waals surface area contributed by atoms with Gasteiger partial charge in [0.05, 0.1) is 10.5 Å². The molecule has 0 aliphatic carbocycles. The summed E-state index contributed by atoms with van der Waals surface area (Å²) < 4.78 is 0. The average Bonchev–Trinajstić information content (AvgIpc) is 2.66. The summed E-state index contributed by atoms with van der Waals surface area (Å²) in [7, 11) is 0. The molecule has 0 aromatic heterocycles. The molecule has 1 aromatic rings. The highest BCUT2D eigenvalue weighted by molar-refractivity contribution is 8.04. The summed E-state index contributed by atoms with van der Waals surface area (Å²) in [4.78, 5) is 26.7. The summed E-state index contributed by atoms with van der Waals surface area (Å²) in [6.45, 7) is 4.38. The van der Waals surface area contributed by atoms with Gasteiger partial charge in [0, 0.05) is 11.6 Å². The van der Waals surface area contributed by atoms with Gasteiger partial charge in [-0.05, 0) is 29.9 Å². The van der Waals surface area contributed by atoms with Gasteiger partial charge in [-0.15, -0.1) is 11.8 Å². The summed E-state index contributed by atoms with van der Waals surface area (Å²) in [5, 5.41) is 0.612. The lowest BCUT2D eigenvalue weighted by Gasteiger charge is -2.13. The molecule has 1 aromatic carbocycles. The molecule has 0 saturated carbocycles. The van der Waals surface area contributed by atoms with E-state index < -0.39 is 0 Å². The highest BCUT2D eigenvalue weighted by Crippen LogP contribution is 2.36. The highest BCUT2D eigenvalue weighted by atomic mass is 35.5. The normalized spacial score (nSPS) is 15.4. The van der Waals surface area contributed by atoms with Crippen LogP contribution in [0.2, 0.25) is 5.02 Å². The molecule has 2 amide bonds. The minimum atomic E-state index is -0.199. The molecule has 1 heterocycles. The zero-order valence-electron chi connectivity index (χ0n) is 11.5. The first-order valence-corrected chi connectivity index (χ1v) is 7.95. The molecule has 5 heteroatoms. The zero-order chi connectivity index (χ0) is 14.7. The van der Waals surface area contributed by atoms with Crippen LogP contribution < -0.4 is 0 Å². The zero-order valence-corrected chi connectivity index (χ0v) is 13.1. The molecule has 20 heavy (non-hydrogen) atoms. The van der Waals surface area contributed by atoms with Crippen molar-refractivity contribution in [2.24, 2.45) is 0 Å². The summed E-state index contributed by atoms with van der Waals surface area (Å²) in [6, 6.07) is 7.04. The van der Waals surface area contributed by atoms with Crippen molar-refractivity contribution < 1.29 is 9.59 Å². The van der Waals surface area contributed by atoms with Crippen molar-refractivity contribution in [2.75, 3.05) is 12.3 Å². The first-order valence-electron chi connectivity index (χ1n) is 6.59. The maximum absolute atomic E-state index is 12.5. The third kappa shape index (κ3) is 2.76. The number of nitrogens with zero attached hydrogens (tertiary/aromatic N) is 1. The van der Waals surface area contributed by atoms with E-state index in [0.717, 1.165) is 17.7 Å². The number of carbonyl (C=O) groups excluding carboxylic acids is 2. The molecule has 0 spiro atoms. The molecule has 0 radical (unpaired) electrons. The van der Waals surface area contributed by atoms with Gasteiger partial charge >= 0.3 is 0 Å². The Bertz CT molecular complexity index is 566. The smallest absolute Gasteiger partial charge is 0.267 e. The maximum atomic E-state index is 12.5. The summed E-state index contributed by atoms with van der Waals surface area (Å²) >= 11 is 7.30. The van der Waals surface area contributed by atoms with E-state index in [4.69, 9.17) is 11.6 Å². The number of thioether (sulfide) groups is 1. The summed E-state index contributed by atoms with van der Waals surface area (Å²) in [6.07, 6.45) is 0.759. The number of hydrogen-bond acceptors (Lipinski definition) is 3. The van der Waals surface area contributed by atoms with Crippen LogP contribution >= 0.6 is 23.4 Å². The molecular formula is C15H16ClNO2S. The first kappa shape index (κ1) is 15.1. The molecule has 0 N–H and O–H groups in total. The Morgan fingerprint density at radius 3 is 2.30 bits per heavy atom. The van der Waals surface area contributed by atoms with Crippen LogP contribution in [0.4, 0.5) is 0 Å². The lowest BCUT2D eigenvalue weighted by atomic mass is 10.1. The molecular weight excluding hydrogens is 294 g/mol. The van der Waals surface area contributed by atoms with Gasteiger partial charge in [0.1, 0.15) is 0 Å². The second kappa shape index (κ2) is 6.46. The van der Waals surface area contributed by atoms with Crippen LogP contribution in [-0.4, -0.2) is 29.0 Å². The molecule has 3 nitrogen and oxygen atoms in total. The Kier molecular flexibility index (Phi) is 4.89. The molecule has 0 fully saturated rings. The van der Waals surface area contributed by atoms with Crippen molar-refractivity contribution >= 4 is 40.8 Å². The van der Waals surface area contributed by atoms with Crippen LogP contribution in [0, 0.1) is 0 Å². The lowest BCUT2D eigenvalue weighted by Crippen LogP contribution is -2.32. The third-order valence-electron chi connectivity index (χ3n) is 2.99. The molecule has 0 saturated heterocycles. The van der Waals surface area contributed by atoms with Crippen molar-refractivity contribution in [1.29, 1.82) is 0 Å². The van der Waals surface area contributed by atoms with Crippen LogP contribution in [0.25, 0.3) is 5.57 Å². The second-order valence-electron chi connectivity index (χ2n) is 4.41. The van der Waals surface area contributed by atoms with Crippen LogP contribution in [-0.2, 0) is 9.59 Å². The van der Waals surface area contributed by atoms with Crippen molar-refractivity contribution in [3.63, 3.8) is 0 Å². The van der Waals surface area contributed by atoms with E-state index in [1.54, 1.807) is 24.3 Å². The van der Waals surface area contributed by atoms with Crippen LogP contribution in [0.1, 0.15) is 25.8 Å². The fraction of sp³-hybridized carbons (Fsp3) is 0.333. The predicted molar refractivity (Wildman–Crippen MR) is 83.5 cm³/mol. The van der Waals surface area contributed by atoms with Crippen LogP contribution in [0.5, 0.6) is 0 Å². The van der Waals surface area contributed by atoms with Crippen LogP contribution in [0.3, 0.4) is 0 Å². The van der Waals surface area contributed by atoms with Gasteiger partial charge in [0.15, 0.2) is 0 Å². The highest BCUT2D eigenvalue weighted by Gasteiger charge is 2.38. The van der Waals surface area contributed by atoms with Gasteiger partial charge in [-0.2, -0.15) is 0 Å². The van der Waals surface area contributed by atoms with Crippen molar-refractivity contribution in [2.45, 2.75) is 20.3 Å². The van der Waals surface area contributed by atoms with Crippen molar-refractivity contribution in [3.05, 3.63) is 39.8 Å². The van der Waals surface area contributed by atoms with Crippen molar-refractivity contribution in [1.82, 2.24) is 4.90 Å². The standard InChI is InChI=1S/C15H16ClNO2S/c1-3-9-17-14(18)12(13(15(17)19)20-4-2)10-5-7-11(16)8-6-10/h5-8H,3-4,9H2,1-2H3. The second-order valence-corrected chi connectivity index (χ2v) is 6.12. The quantitative estimate of drug-likeness (QED) is 0.780. The number of hydrogen-bond donors (Lipinski definition) is 0. The Hall–Kier alpha value is -1.26. The van der Waals surface area contributed by atoms with Gasteiger partial charge in [-0.3, -0.25) is 14.5 Å². The third-order valence-corrected chi connectivity index (χ3v) is 4.20. The minimum Gasteiger partial charge on any atom is -0.274 e. The number of benzene rings is 1. The fourth-order valence-corrected chi connectivity index (χ4v) is 3.13. The van der Waals surface area contributed by atoms with E-state index in [1.807, 2.05) is 13.8 Å². The predicted octanol–water partition coefficient (Wildman–Crippen LogP) is 3.58. The number of imide groups is 1. The lowest BCUT2D eigenvalue weighted by molar-refractivity contribution is -0.136. The van der Waals surface area contributed by atoms with Crippen molar-refractivity contribution in [3.8, 4) is 0 Å². The molecule has 0 atom stereocenters. The Morgan fingerprint density at radius 1 is 1.10 bits per heavy atom. The number of halogens is 1. The Morgan fingerprint density at radius 2 is 1.75 bits per heavy atom. The molecule has 2 rings (SSSR count). The number of amides is 2. The number of rotatable bonds is 5. The minimum absolute atomic E-state index is 0.173. The SMILES string of the molecule is CCCN1C(=O)C(SCC)=C(c2ccc(Cl)cc2)C1=O. The van der Waals surface area contributed by atoms with E-state index in [-0.39, 0.29) is 11.8 Å². The molecule has 106 valence electrons. The molecule has 1 aliphatic rings. The summed E-state index contributed by atoms with van der Waals surface area (Å²) in [5.74, 6) is 0.384. The van der Waals surface area contributed by atoms with Gasteiger partial charge < -0.3 is 0 Å².